The first kappa shape index (κ1) is 19.9. The number of carbonyl (C=O) groups is 1. The fraction of sp³-hybridized carbons (Fsp3) is 0.154. The van der Waals surface area contributed by atoms with Crippen molar-refractivity contribution in [1.29, 1.82) is 0 Å². The first-order valence-electron chi connectivity index (χ1n) is 10.6. The number of amides is 1. The largest absolute Gasteiger partial charge is 0.497 e. The van der Waals surface area contributed by atoms with E-state index >= 15 is 0 Å². The average Bonchev–Trinajstić information content (AvgIpc) is 3.34. The Balaban J connectivity index is 1.44. The van der Waals surface area contributed by atoms with E-state index < -0.39 is 0 Å². The Hall–Kier alpha value is -4.06. The van der Waals surface area contributed by atoms with E-state index in [0.717, 1.165) is 34.7 Å². The quantitative estimate of drug-likeness (QED) is 0.488. The van der Waals surface area contributed by atoms with Gasteiger partial charge in [-0.2, -0.15) is 5.10 Å². The Kier molecular flexibility index (Phi) is 5.34. The third kappa shape index (κ3) is 3.83. The minimum Gasteiger partial charge on any atom is -0.497 e. The summed E-state index contributed by atoms with van der Waals surface area (Å²) in [6.07, 6.45) is 4.25. The smallest absolute Gasteiger partial charge is 0.257 e. The Morgan fingerprint density at radius 2 is 1.72 bits per heavy atom. The van der Waals surface area contributed by atoms with Gasteiger partial charge in [-0.05, 0) is 48.4 Å². The van der Waals surface area contributed by atoms with E-state index in [4.69, 9.17) is 4.74 Å². The topological polar surface area (TPSA) is 59.4 Å². The molecule has 0 spiro atoms. The van der Waals surface area contributed by atoms with E-state index in [2.05, 4.69) is 10.4 Å². The molecular formula is C26H24N4O2. The highest BCUT2D eigenvalue weighted by Gasteiger charge is 2.33. The Labute approximate surface area is 187 Å². The number of hydrogen-bond acceptors (Lipinski definition) is 4. The van der Waals surface area contributed by atoms with Crippen LogP contribution < -0.4 is 10.1 Å². The number of ether oxygens (including phenoxy) is 1. The summed E-state index contributed by atoms with van der Waals surface area (Å²) in [5, 5.41) is 8.08. The molecule has 1 aromatic heterocycles. The first-order chi connectivity index (χ1) is 15.7. The van der Waals surface area contributed by atoms with Gasteiger partial charge >= 0.3 is 0 Å². The van der Waals surface area contributed by atoms with Crippen molar-refractivity contribution in [3.63, 3.8) is 0 Å². The third-order valence-corrected chi connectivity index (χ3v) is 5.76. The van der Waals surface area contributed by atoms with Gasteiger partial charge in [-0.1, -0.05) is 42.5 Å². The van der Waals surface area contributed by atoms with Gasteiger partial charge in [0.2, 0.25) is 0 Å². The molecule has 0 bridgehead atoms. The van der Waals surface area contributed by atoms with Crippen molar-refractivity contribution in [1.82, 2.24) is 14.7 Å². The summed E-state index contributed by atoms with van der Waals surface area (Å²) in [7, 11) is 1.66. The second kappa shape index (κ2) is 8.59. The zero-order chi connectivity index (χ0) is 21.9. The minimum absolute atomic E-state index is 0.0188. The van der Waals surface area contributed by atoms with Crippen LogP contribution in [0.3, 0.4) is 0 Å². The zero-order valence-corrected chi connectivity index (χ0v) is 17.8. The standard InChI is InChI=1S/C26H24N4O2/c1-32-22-13-11-19(12-14-22)15-16-29-25(28-24-10-6-5-9-23(24)26(29)31)20-17-27-30(18-20)21-7-3-2-4-8-21/h2-14,17-18,25,28H,15-16H2,1H3. The highest BCUT2D eigenvalue weighted by molar-refractivity contribution is 6.01. The highest BCUT2D eigenvalue weighted by Crippen LogP contribution is 2.33. The summed E-state index contributed by atoms with van der Waals surface area (Å²) < 4.78 is 7.09. The van der Waals surface area contributed by atoms with Crippen molar-refractivity contribution in [2.24, 2.45) is 0 Å². The Morgan fingerprint density at radius 1 is 0.969 bits per heavy atom. The summed E-state index contributed by atoms with van der Waals surface area (Å²) in [5.41, 5.74) is 4.60. The van der Waals surface area contributed by atoms with Gasteiger partial charge in [-0.3, -0.25) is 4.79 Å². The van der Waals surface area contributed by atoms with Crippen molar-refractivity contribution in [2.75, 3.05) is 19.0 Å². The molecule has 0 saturated carbocycles. The maximum absolute atomic E-state index is 13.4. The van der Waals surface area contributed by atoms with Gasteiger partial charge in [-0.25, -0.2) is 4.68 Å². The SMILES string of the molecule is COc1ccc(CCN2C(=O)c3ccccc3NC2c2cnn(-c3ccccc3)c2)cc1. The lowest BCUT2D eigenvalue weighted by atomic mass is 10.0. The molecule has 6 nitrogen and oxygen atoms in total. The van der Waals surface area contributed by atoms with Crippen LogP contribution in [0, 0.1) is 0 Å². The third-order valence-electron chi connectivity index (χ3n) is 5.76. The van der Waals surface area contributed by atoms with E-state index in [1.54, 1.807) is 7.11 Å². The molecular weight excluding hydrogens is 400 g/mol. The zero-order valence-electron chi connectivity index (χ0n) is 17.8. The molecule has 0 saturated heterocycles. The number of hydrogen-bond donors (Lipinski definition) is 1. The van der Waals surface area contributed by atoms with Crippen molar-refractivity contribution in [3.8, 4) is 11.4 Å². The maximum atomic E-state index is 13.4. The van der Waals surface area contributed by atoms with Crippen LogP contribution in [0.15, 0.2) is 91.3 Å². The monoisotopic (exact) mass is 424 g/mol. The molecule has 0 radical (unpaired) electrons. The lowest BCUT2D eigenvalue weighted by Gasteiger charge is -2.37. The van der Waals surface area contributed by atoms with Gasteiger partial charge in [-0.15, -0.1) is 0 Å². The average molecular weight is 425 g/mol. The molecule has 5 rings (SSSR count). The molecule has 1 unspecified atom stereocenters. The molecule has 1 aliphatic rings. The lowest BCUT2D eigenvalue weighted by Crippen LogP contribution is -2.43. The van der Waals surface area contributed by atoms with E-state index in [1.807, 2.05) is 101 Å². The Morgan fingerprint density at radius 3 is 2.50 bits per heavy atom. The van der Waals surface area contributed by atoms with Gasteiger partial charge in [0.1, 0.15) is 11.9 Å². The number of benzene rings is 3. The molecule has 4 aromatic rings. The minimum atomic E-state index is -0.298. The van der Waals surface area contributed by atoms with Gasteiger partial charge in [0.25, 0.3) is 5.91 Å². The van der Waals surface area contributed by atoms with Crippen molar-refractivity contribution >= 4 is 11.6 Å². The number of aromatic nitrogens is 2. The molecule has 3 aromatic carbocycles. The van der Waals surface area contributed by atoms with Crippen LogP contribution in [0.1, 0.15) is 27.7 Å². The Bertz CT molecular complexity index is 1220. The summed E-state index contributed by atoms with van der Waals surface area (Å²) in [5.74, 6) is 0.843. The number of fused-ring (bicyclic) bond motifs is 1. The number of rotatable bonds is 6. The fourth-order valence-electron chi connectivity index (χ4n) is 4.03. The highest BCUT2D eigenvalue weighted by atomic mass is 16.5. The van der Waals surface area contributed by atoms with Crippen LogP contribution in [0.25, 0.3) is 5.69 Å². The molecule has 1 amide bonds. The summed E-state index contributed by atoms with van der Waals surface area (Å²) in [4.78, 5) is 15.3. The van der Waals surface area contributed by atoms with E-state index in [0.29, 0.717) is 12.1 Å². The van der Waals surface area contributed by atoms with Crippen LogP contribution in [0.4, 0.5) is 5.69 Å². The molecule has 160 valence electrons. The molecule has 1 aliphatic heterocycles. The van der Waals surface area contributed by atoms with Crippen LogP contribution in [0.5, 0.6) is 5.75 Å². The van der Waals surface area contributed by atoms with Gasteiger partial charge in [0.15, 0.2) is 0 Å². The fourth-order valence-corrected chi connectivity index (χ4v) is 4.03. The van der Waals surface area contributed by atoms with Crippen molar-refractivity contribution < 1.29 is 9.53 Å². The summed E-state index contributed by atoms with van der Waals surface area (Å²) in [6.45, 7) is 0.577. The van der Waals surface area contributed by atoms with Gasteiger partial charge < -0.3 is 15.0 Å². The molecule has 0 aliphatic carbocycles. The molecule has 0 fully saturated rings. The van der Waals surface area contributed by atoms with Crippen LogP contribution in [-0.4, -0.2) is 34.2 Å². The summed E-state index contributed by atoms with van der Waals surface area (Å²) in [6, 6.07) is 25.6. The summed E-state index contributed by atoms with van der Waals surface area (Å²) >= 11 is 0. The van der Waals surface area contributed by atoms with Crippen LogP contribution >= 0.6 is 0 Å². The van der Waals surface area contributed by atoms with E-state index in [1.165, 1.54) is 0 Å². The van der Waals surface area contributed by atoms with Crippen LogP contribution in [-0.2, 0) is 6.42 Å². The van der Waals surface area contributed by atoms with Crippen LogP contribution in [0.2, 0.25) is 0 Å². The van der Waals surface area contributed by atoms with Crippen molar-refractivity contribution in [3.05, 3.63) is 108 Å². The molecule has 32 heavy (non-hydrogen) atoms. The number of anilines is 1. The number of methoxy groups -OCH3 is 1. The van der Waals surface area contributed by atoms with Gasteiger partial charge in [0, 0.05) is 24.0 Å². The predicted octanol–water partition coefficient (Wildman–Crippen LogP) is 4.69. The number of nitrogens with one attached hydrogen (secondary N) is 1. The van der Waals surface area contributed by atoms with Crippen molar-refractivity contribution in [2.45, 2.75) is 12.6 Å². The van der Waals surface area contributed by atoms with Gasteiger partial charge in [0.05, 0.1) is 24.6 Å². The molecule has 1 N–H and O–H groups in total. The molecule has 2 heterocycles. The first-order valence-corrected chi connectivity index (χ1v) is 10.6. The predicted molar refractivity (Wildman–Crippen MR) is 124 cm³/mol. The second-order valence-corrected chi connectivity index (χ2v) is 7.74. The molecule has 1 atom stereocenters. The van der Waals surface area contributed by atoms with E-state index in [-0.39, 0.29) is 12.1 Å². The maximum Gasteiger partial charge on any atom is 0.257 e. The number of nitrogens with zero attached hydrogens (tertiary/aromatic N) is 3. The number of carbonyl (C=O) groups excluding carboxylic acids is 1. The molecule has 6 heteroatoms. The lowest BCUT2D eigenvalue weighted by molar-refractivity contribution is 0.0685. The normalized spacial score (nSPS) is 15.2. The van der Waals surface area contributed by atoms with E-state index in [9.17, 15) is 4.79 Å². The number of para-hydroxylation sites is 2. The second-order valence-electron chi connectivity index (χ2n) is 7.74.